The normalized spacial score (nSPS) is 16.3. The smallest absolute Gasteiger partial charge is 0.223 e. The highest BCUT2D eigenvalue weighted by Crippen LogP contribution is 2.26. The molecule has 23 heavy (non-hydrogen) atoms. The van der Waals surface area contributed by atoms with Crippen molar-refractivity contribution in [3.63, 3.8) is 0 Å². The largest absolute Gasteiger partial charge is 0.356 e. The Labute approximate surface area is 147 Å². The van der Waals surface area contributed by atoms with Crippen LogP contribution in [0.5, 0.6) is 0 Å². The lowest BCUT2D eigenvalue weighted by Gasteiger charge is -2.34. The van der Waals surface area contributed by atoms with Crippen molar-refractivity contribution in [2.75, 3.05) is 32.7 Å². The van der Waals surface area contributed by atoms with Gasteiger partial charge in [-0.15, -0.1) is 12.4 Å². The quantitative estimate of drug-likeness (QED) is 0.673. The van der Waals surface area contributed by atoms with Gasteiger partial charge in [0.25, 0.3) is 0 Å². The Balaban J connectivity index is 0.00000484. The zero-order valence-electron chi connectivity index (χ0n) is 15.0. The average Bonchev–Trinajstić information content (AvgIpc) is 2.51. The number of nitrogens with zero attached hydrogens (tertiary/aromatic N) is 1. The maximum absolute atomic E-state index is 12.1. The molecule has 6 heteroatoms. The van der Waals surface area contributed by atoms with Crippen LogP contribution in [0.15, 0.2) is 0 Å². The molecule has 1 rings (SSSR count). The van der Waals surface area contributed by atoms with E-state index < -0.39 is 0 Å². The van der Waals surface area contributed by atoms with Gasteiger partial charge in [0.1, 0.15) is 0 Å². The van der Waals surface area contributed by atoms with E-state index in [0.29, 0.717) is 12.8 Å². The maximum Gasteiger partial charge on any atom is 0.223 e. The molecular formula is C17H34ClN3O2. The molecule has 0 aliphatic carbocycles. The van der Waals surface area contributed by atoms with Gasteiger partial charge < -0.3 is 15.5 Å². The Morgan fingerprint density at radius 2 is 1.65 bits per heavy atom. The van der Waals surface area contributed by atoms with Crippen LogP contribution >= 0.6 is 12.4 Å². The first-order chi connectivity index (χ1) is 10.5. The van der Waals surface area contributed by atoms with E-state index in [9.17, 15) is 9.59 Å². The Kier molecular flexibility index (Phi) is 11.3. The van der Waals surface area contributed by atoms with E-state index in [1.165, 1.54) is 0 Å². The van der Waals surface area contributed by atoms with Crippen molar-refractivity contribution in [3.8, 4) is 0 Å². The molecule has 1 aliphatic rings. The molecule has 0 unspecified atom stereocenters. The van der Waals surface area contributed by atoms with Gasteiger partial charge in [0.05, 0.1) is 0 Å². The number of rotatable bonds is 9. The van der Waals surface area contributed by atoms with Gasteiger partial charge in [0.15, 0.2) is 0 Å². The molecule has 0 radical (unpaired) electrons. The lowest BCUT2D eigenvalue weighted by molar-refractivity contribution is -0.133. The third kappa shape index (κ3) is 8.56. The van der Waals surface area contributed by atoms with Crippen LogP contribution in [0.1, 0.15) is 59.3 Å². The van der Waals surface area contributed by atoms with E-state index in [2.05, 4.69) is 31.4 Å². The van der Waals surface area contributed by atoms with E-state index in [0.717, 1.165) is 58.4 Å². The topological polar surface area (TPSA) is 61.4 Å². The highest BCUT2D eigenvalue weighted by atomic mass is 35.5. The lowest BCUT2D eigenvalue weighted by atomic mass is 9.81. The minimum Gasteiger partial charge on any atom is -0.356 e. The number of halogens is 1. The first kappa shape index (κ1) is 22.2. The van der Waals surface area contributed by atoms with Crippen LogP contribution in [0.25, 0.3) is 0 Å². The number of amides is 2. The fourth-order valence-corrected chi connectivity index (χ4v) is 2.89. The Bertz CT molecular complexity index is 352. The van der Waals surface area contributed by atoms with E-state index in [1.54, 1.807) is 0 Å². The fourth-order valence-electron chi connectivity index (χ4n) is 2.89. The van der Waals surface area contributed by atoms with E-state index in [-0.39, 0.29) is 29.6 Å². The maximum atomic E-state index is 12.1. The highest BCUT2D eigenvalue weighted by molar-refractivity contribution is 5.85. The number of piperidine rings is 1. The summed E-state index contributed by atoms with van der Waals surface area (Å²) < 4.78 is 0. The monoisotopic (exact) mass is 347 g/mol. The predicted molar refractivity (Wildman–Crippen MR) is 96.9 cm³/mol. The summed E-state index contributed by atoms with van der Waals surface area (Å²) in [6, 6.07) is 0. The van der Waals surface area contributed by atoms with Gasteiger partial charge in [0.2, 0.25) is 11.8 Å². The molecular weight excluding hydrogens is 314 g/mol. The number of carbonyl (C=O) groups excluding carboxylic acids is 2. The lowest BCUT2D eigenvalue weighted by Crippen LogP contribution is -2.43. The molecule has 1 saturated heterocycles. The number of carbonyl (C=O) groups is 2. The summed E-state index contributed by atoms with van der Waals surface area (Å²) in [6.45, 7) is 10.7. The molecule has 2 N–H and O–H groups in total. The third-order valence-corrected chi connectivity index (χ3v) is 4.43. The van der Waals surface area contributed by atoms with Crippen molar-refractivity contribution in [2.24, 2.45) is 5.41 Å². The Morgan fingerprint density at radius 3 is 2.17 bits per heavy atom. The minimum absolute atomic E-state index is 0. The van der Waals surface area contributed by atoms with Crippen molar-refractivity contribution >= 4 is 24.2 Å². The van der Waals surface area contributed by atoms with Crippen LogP contribution in [0.4, 0.5) is 0 Å². The summed E-state index contributed by atoms with van der Waals surface area (Å²) in [5, 5.41) is 6.35. The van der Waals surface area contributed by atoms with E-state index in [1.807, 2.05) is 4.90 Å². The van der Waals surface area contributed by atoms with Crippen LogP contribution in [-0.2, 0) is 9.59 Å². The zero-order valence-corrected chi connectivity index (χ0v) is 15.8. The highest BCUT2D eigenvalue weighted by Gasteiger charge is 2.27. The van der Waals surface area contributed by atoms with Crippen molar-refractivity contribution < 1.29 is 9.59 Å². The van der Waals surface area contributed by atoms with Gasteiger partial charge in [-0.3, -0.25) is 9.59 Å². The predicted octanol–water partition coefficient (Wildman–Crippen LogP) is 2.34. The number of hydrogen-bond acceptors (Lipinski definition) is 3. The van der Waals surface area contributed by atoms with Gasteiger partial charge in [-0.05, 0) is 44.2 Å². The standard InChI is InChI=1S/C17H33N3O2.ClH/c1-4-12-20(13-5-2)16(22)7-6-15(21)19-14-17(3)8-10-18-11-9-17;/h18H,4-14H2,1-3H3,(H,19,21);1H. The van der Waals surface area contributed by atoms with Crippen LogP contribution in [0.3, 0.4) is 0 Å². The summed E-state index contributed by atoms with van der Waals surface area (Å²) in [7, 11) is 0. The summed E-state index contributed by atoms with van der Waals surface area (Å²) in [5.41, 5.74) is 0.196. The SMILES string of the molecule is CCCN(CCC)C(=O)CCC(=O)NCC1(C)CCNCC1.Cl. The second-order valence-corrected chi connectivity index (χ2v) is 6.72. The molecule has 0 aromatic rings. The first-order valence-corrected chi connectivity index (χ1v) is 8.76. The van der Waals surface area contributed by atoms with Crippen molar-refractivity contribution in [2.45, 2.75) is 59.3 Å². The van der Waals surface area contributed by atoms with E-state index in [4.69, 9.17) is 0 Å². The molecule has 0 aromatic heterocycles. The molecule has 1 heterocycles. The molecule has 0 bridgehead atoms. The molecule has 0 spiro atoms. The zero-order chi connectivity index (χ0) is 16.4. The minimum atomic E-state index is 0. The molecule has 136 valence electrons. The molecule has 2 amide bonds. The van der Waals surface area contributed by atoms with Crippen LogP contribution < -0.4 is 10.6 Å². The Morgan fingerprint density at radius 1 is 1.09 bits per heavy atom. The van der Waals surface area contributed by atoms with Crippen LogP contribution in [0, 0.1) is 5.41 Å². The van der Waals surface area contributed by atoms with Gasteiger partial charge in [-0.25, -0.2) is 0 Å². The first-order valence-electron chi connectivity index (χ1n) is 8.76. The molecule has 0 aromatic carbocycles. The molecule has 0 atom stereocenters. The van der Waals surface area contributed by atoms with Gasteiger partial charge in [-0.2, -0.15) is 0 Å². The fraction of sp³-hybridized carbons (Fsp3) is 0.882. The van der Waals surface area contributed by atoms with Gasteiger partial charge >= 0.3 is 0 Å². The summed E-state index contributed by atoms with van der Waals surface area (Å²) in [5.74, 6) is 0.105. The van der Waals surface area contributed by atoms with Gasteiger partial charge in [-0.1, -0.05) is 20.8 Å². The molecule has 1 fully saturated rings. The summed E-state index contributed by atoms with van der Waals surface area (Å²) in [6.07, 6.45) is 4.73. The number of nitrogens with one attached hydrogen (secondary N) is 2. The van der Waals surface area contributed by atoms with Gasteiger partial charge in [0, 0.05) is 32.5 Å². The molecule has 0 saturated carbocycles. The second kappa shape index (κ2) is 11.7. The van der Waals surface area contributed by atoms with Crippen LogP contribution in [0.2, 0.25) is 0 Å². The third-order valence-electron chi connectivity index (χ3n) is 4.43. The van der Waals surface area contributed by atoms with Crippen molar-refractivity contribution in [3.05, 3.63) is 0 Å². The van der Waals surface area contributed by atoms with Crippen molar-refractivity contribution in [1.29, 1.82) is 0 Å². The van der Waals surface area contributed by atoms with Crippen LogP contribution in [-0.4, -0.2) is 49.4 Å². The Hall–Kier alpha value is -0.810. The number of hydrogen-bond donors (Lipinski definition) is 2. The summed E-state index contributed by atoms with van der Waals surface area (Å²) in [4.78, 5) is 26.0. The van der Waals surface area contributed by atoms with E-state index >= 15 is 0 Å². The second-order valence-electron chi connectivity index (χ2n) is 6.72. The molecule has 5 nitrogen and oxygen atoms in total. The summed E-state index contributed by atoms with van der Waals surface area (Å²) >= 11 is 0. The average molecular weight is 348 g/mol. The van der Waals surface area contributed by atoms with Crippen molar-refractivity contribution in [1.82, 2.24) is 15.5 Å². The molecule has 1 aliphatic heterocycles.